The molecule has 0 heterocycles. The fourth-order valence-electron chi connectivity index (χ4n) is 0.574. The van der Waals surface area contributed by atoms with Crippen molar-refractivity contribution in [3.05, 3.63) is 34.4 Å². The van der Waals surface area contributed by atoms with Crippen LogP contribution in [0.25, 0.3) is 0 Å². The van der Waals surface area contributed by atoms with Crippen molar-refractivity contribution in [2.24, 2.45) is 0 Å². The van der Waals surface area contributed by atoms with Crippen LogP contribution in [0.3, 0.4) is 0 Å². The Bertz CT molecular complexity index is 336. The SMILES string of the molecule is COC(C)=O.O=[N+]([O-])c1ccc(S)cc1. The van der Waals surface area contributed by atoms with Crippen molar-refractivity contribution in [2.45, 2.75) is 11.8 Å². The molecule has 0 radical (unpaired) electrons. The van der Waals surface area contributed by atoms with Crippen molar-refractivity contribution in [1.29, 1.82) is 0 Å². The van der Waals surface area contributed by atoms with Gasteiger partial charge in [0.15, 0.2) is 0 Å². The summed E-state index contributed by atoms with van der Waals surface area (Å²) in [5, 5.41) is 10.1. The summed E-state index contributed by atoms with van der Waals surface area (Å²) in [6.45, 7) is 1.36. The number of methoxy groups -OCH3 is 1. The molecular weight excluding hydrogens is 218 g/mol. The number of hydrogen-bond acceptors (Lipinski definition) is 5. The van der Waals surface area contributed by atoms with Gasteiger partial charge in [-0.1, -0.05) is 0 Å². The molecule has 6 heteroatoms. The Kier molecular flexibility index (Phi) is 6.12. The number of nitro groups is 1. The van der Waals surface area contributed by atoms with Gasteiger partial charge in [0.1, 0.15) is 0 Å². The second-order valence-corrected chi connectivity index (χ2v) is 2.99. The summed E-state index contributed by atoms with van der Waals surface area (Å²) in [7, 11) is 1.35. The molecule has 0 saturated heterocycles. The van der Waals surface area contributed by atoms with E-state index in [9.17, 15) is 14.9 Å². The summed E-state index contributed by atoms with van der Waals surface area (Å²) in [5.41, 5.74) is 0.0952. The zero-order valence-electron chi connectivity index (χ0n) is 8.34. The third-order valence-corrected chi connectivity index (χ3v) is 1.65. The van der Waals surface area contributed by atoms with E-state index in [1.165, 1.54) is 26.2 Å². The van der Waals surface area contributed by atoms with Crippen LogP contribution in [0.1, 0.15) is 6.92 Å². The van der Waals surface area contributed by atoms with Gasteiger partial charge in [-0.05, 0) is 12.1 Å². The number of nitrogens with zero attached hydrogens (tertiary/aromatic N) is 1. The second kappa shape index (κ2) is 6.83. The lowest BCUT2D eigenvalue weighted by Gasteiger charge is -1.89. The molecule has 5 nitrogen and oxygen atoms in total. The Morgan fingerprint density at radius 1 is 1.40 bits per heavy atom. The number of ether oxygens (including phenoxy) is 1. The number of carbonyl (C=O) groups is 1. The molecule has 0 fully saturated rings. The van der Waals surface area contributed by atoms with Crippen LogP contribution in [-0.4, -0.2) is 18.0 Å². The monoisotopic (exact) mass is 229 g/mol. The molecule has 0 saturated carbocycles. The molecule has 0 aliphatic carbocycles. The number of thiol groups is 1. The van der Waals surface area contributed by atoms with E-state index in [-0.39, 0.29) is 11.7 Å². The van der Waals surface area contributed by atoms with Crippen molar-refractivity contribution < 1.29 is 14.5 Å². The molecule has 1 aromatic carbocycles. The van der Waals surface area contributed by atoms with Crippen LogP contribution in [0.15, 0.2) is 29.2 Å². The Morgan fingerprint density at radius 2 is 1.80 bits per heavy atom. The number of benzene rings is 1. The molecule has 82 valence electrons. The average molecular weight is 229 g/mol. The zero-order chi connectivity index (χ0) is 11.8. The summed E-state index contributed by atoms with van der Waals surface area (Å²) in [5.74, 6) is -0.245. The Morgan fingerprint density at radius 3 is 2.07 bits per heavy atom. The third-order valence-electron chi connectivity index (χ3n) is 1.35. The molecule has 0 aliphatic heterocycles. The van der Waals surface area contributed by atoms with Crippen molar-refractivity contribution >= 4 is 24.3 Å². The van der Waals surface area contributed by atoms with Crippen molar-refractivity contribution in [1.82, 2.24) is 0 Å². The highest BCUT2D eigenvalue weighted by atomic mass is 32.1. The Balaban J connectivity index is 0.000000336. The van der Waals surface area contributed by atoms with Gasteiger partial charge in [0.2, 0.25) is 0 Å². The molecule has 15 heavy (non-hydrogen) atoms. The lowest BCUT2D eigenvalue weighted by atomic mass is 10.3. The van der Waals surface area contributed by atoms with Gasteiger partial charge in [0.05, 0.1) is 12.0 Å². The number of nitro benzene ring substituents is 1. The van der Waals surface area contributed by atoms with Crippen LogP contribution < -0.4 is 0 Å². The van der Waals surface area contributed by atoms with E-state index in [1.54, 1.807) is 12.1 Å². The summed E-state index contributed by atoms with van der Waals surface area (Å²) in [6.07, 6.45) is 0. The smallest absolute Gasteiger partial charge is 0.302 e. The normalized spacial score (nSPS) is 8.47. The number of hydrogen-bond donors (Lipinski definition) is 1. The fourth-order valence-corrected chi connectivity index (χ4v) is 0.723. The highest BCUT2D eigenvalue weighted by Crippen LogP contribution is 2.13. The molecule has 1 aromatic rings. The van der Waals surface area contributed by atoms with Crippen LogP contribution in [-0.2, 0) is 9.53 Å². The predicted octanol–water partition coefficient (Wildman–Crippen LogP) is 2.06. The minimum Gasteiger partial charge on any atom is -0.469 e. The molecule has 0 N–H and O–H groups in total. The predicted molar refractivity (Wildman–Crippen MR) is 58.0 cm³/mol. The van der Waals surface area contributed by atoms with E-state index in [1.807, 2.05) is 0 Å². The maximum absolute atomic E-state index is 10.1. The quantitative estimate of drug-likeness (QED) is 0.346. The number of rotatable bonds is 1. The van der Waals surface area contributed by atoms with E-state index in [4.69, 9.17) is 0 Å². The maximum Gasteiger partial charge on any atom is 0.302 e. The molecule has 1 rings (SSSR count). The van der Waals surface area contributed by atoms with Crippen LogP contribution in [0, 0.1) is 10.1 Å². The van der Waals surface area contributed by atoms with E-state index in [2.05, 4.69) is 17.4 Å². The minimum absolute atomic E-state index is 0.0952. The number of carbonyl (C=O) groups excluding carboxylic acids is 1. The van der Waals surface area contributed by atoms with Crippen molar-refractivity contribution in [3.63, 3.8) is 0 Å². The first-order chi connectivity index (χ1) is 6.97. The van der Waals surface area contributed by atoms with Gasteiger partial charge in [0, 0.05) is 24.0 Å². The first-order valence-electron chi connectivity index (χ1n) is 3.95. The highest BCUT2D eigenvalue weighted by Gasteiger charge is 2.00. The summed E-state index contributed by atoms with van der Waals surface area (Å²) in [4.78, 5) is 20.0. The van der Waals surface area contributed by atoms with Gasteiger partial charge in [-0.15, -0.1) is 12.6 Å². The van der Waals surface area contributed by atoms with Gasteiger partial charge < -0.3 is 4.74 Å². The molecule has 0 aromatic heterocycles. The maximum atomic E-state index is 10.1. The standard InChI is InChI=1S/C6H5NO2S.C3H6O2/c8-7(9)5-1-3-6(10)4-2-5;1-3(4)5-2/h1-4,10H;1-2H3. The molecule has 0 spiro atoms. The van der Waals surface area contributed by atoms with Crippen LogP contribution in [0.5, 0.6) is 0 Å². The van der Waals surface area contributed by atoms with Gasteiger partial charge in [0.25, 0.3) is 5.69 Å². The number of non-ortho nitro benzene ring substituents is 1. The average Bonchev–Trinajstić information content (AvgIpc) is 2.19. The van der Waals surface area contributed by atoms with E-state index in [0.717, 1.165) is 4.90 Å². The molecule has 0 unspecified atom stereocenters. The van der Waals surface area contributed by atoms with Gasteiger partial charge in [-0.3, -0.25) is 14.9 Å². The molecule has 0 bridgehead atoms. The summed E-state index contributed by atoms with van der Waals surface area (Å²) >= 11 is 3.98. The fraction of sp³-hybridized carbons (Fsp3) is 0.222. The lowest BCUT2D eigenvalue weighted by molar-refractivity contribution is -0.384. The van der Waals surface area contributed by atoms with E-state index in [0.29, 0.717) is 0 Å². The van der Waals surface area contributed by atoms with Crippen LogP contribution in [0.2, 0.25) is 0 Å². The third kappa shape index (κ3) is 6.50. The molecule has 0 aliphatic rings. The minimum atomic E-state index is -0.437. The van der Waals surface area contributed by atoms with E-state index < -0.39 is 4.92 Å². The Hall–Kier alpha value is -1.56. The van der Waals surface area contributed by atoms with Crippen molar-refractivity contribution in [2.75, 3.05) is 7.11 Å². The largest absolute Gasteiger partial charge is 0.469 e. The highest BCUT2D eigenvalue weighted by molar-refractivity contribution is 7.80. The first-order valence-corrected chi connectivity index (χ1v) is 4.40. The Labute approximate surface area is 92.6 Å². The first kappa shape index (κ1) is 13.4. The van der Waals surface area contributed by atoms with Gasteiger partial charge in [-0.2, -0.15) is 0 Å². The molecule has 0 amide bonds. The molecule has 0 atom stereocenters. The molecular formula is C9H11NO4S. The summed E-state index contributed by atoms with van der Waals surface area (Å²) < 4.78 is 4.11. The van der Waals surface area contributed by atoms with Gasteiger partial charge >= 0.3 is 5.97 Å². The second-order valence-electron chi connectivity index (χ2n) is 2.47. The van der Waals surface area contributed by atoms with Gasteiger partial charge in [-0.25, -0.2) is 0 Å². The van der Waals surface area contributed by atoms with E-state index >= 15 is 0 Å². The zero-order valence-corrected chi connectivity index (χ0v) is 9.23. The van der Waals surface area contributed by atoms with Crippen LogP contribution in [0.4, 0.5) is 5.69 Å². The summed E-state index contributed by atoms with van der Waals surface area (Å²) in [6, 6.07) is 6.01. The number of esters is 1. The van der Waals surface area contributed by atoms with Crippen LogP contribution >= 0.6 is 12.6 Å². The topological polar surface area (TPSA) is 69.4 Å². The lowest BCUT2D eigenvalue weighted by Crippen LogP contribution is -1.88. The van der Waals surface area contributed by atoms with Crippen molar-refractivity contribution in [3.8, 4) is 0 Å².